The maximum absolute atomic E-state index is 12.3. The highest BCUT2D eigenvalue weighted by molar-refractivity contribution is 6.06. The zero-order valence-electron chi connectivity index (χ0n) is 14.8. The average Bonchev–Trinajstić information content (AvgIpc) is 2.62. The summed E-state index contributed by atoms with van der Waals surface area (Å²) in [4.78, 5) is 37.0. The van der Waals surface area contributed by atoms with Gasteiger partial charge >= 0.3 is 11.9 Å². The molecule has 25 heavy (non-hydrogen) atoms. The summed E-state index contributed by atoms with van der Waals surface area (Å²) < 4.78 is 10.2. The molecule has 0 aliphatic rings. The predicted molar refractivity (Wildman–Crippen MR) is 91.7 cm³/mol. The number of carbonyl (C=O) groups excluding carboxylic acids is 2. The van der Waals surface area contributed by atoms with Crippen molar-refractivity contribution >= 4 is 17.6 Å². The maximum atomic E-state index is 12.3. The minimum absolute atomic E-state index is 0.112. The number of benzene rings is 1. The molecule has 8 heteroatoms. The summed E-state index contributed by atoms with van der Waals surface area (Å²) in [6, 6.07) is 3.83. The molecule has 1 aromatic carbocycles. The molecule has 0 saturated heterocycles. The van der Waals surface area contributed by atoms with Gasteiger partial charge in [-0.3, -0.25) is 10.1 Å². The van der Waals surface area contributed by atoms with Crippen LogP contribution in [0, 0.1) is 10.1 Å². The number of nitro benzene ring substituents is 1. The number of hydrogen-bond donors (Lipinski definition) is 0. The van der Waals surface area contributed by atoms with Gasteiger partial charge in [-0.05, 0) is 25.6 Å². The lowest BCUT2D eigenvalue weighted by molar-refractivity contribution is -0.385. The van der Waals surface area contributed by atoms with E-state index >= 15 is 0 Å². The van der Waals surface area contributed by atoms with Crippen LogP contribution >= 0.6 is 0 Å². The molecular weight excluding hydrogens is 328 g/mol. The topological polar surface area (TPSA) is 99.0 Å². The second-order valence-electron chi connectivity index (χ2n) is 5.26. The van der Waals surface area contributed by atoms with Gasteiger partial charge in [0.1, 0.15) is 6.61 Å². The molecule has 138 valence electrons. The fourth-order valence-electron chi connectivity index (χ4n) is 2.23. The molecule has 0 radical (unpaired) electrons. The first kappa shape index (κ1) is 20.6. The molecule has 0 N–H and O–H groups in total. The number of nitro groups is 1. The monoisotopic (exact) mass is 352 g/mol. The summed E-state index contributed by atoms with van der Waals surface area (Å²) in [6.45, 7) is 8.21. The molecule has 0 aliphatic heterocycles. The van der Waals surface area contributed by atoms with Crippen LogP contribution in [-0.4, -0.2) is 54.6 Å². The van der Waals surface area contributed by atoms with Gasteiger partial charge in [-0.25, -0.2) is 9.59 Å². The molecule has 0 aromatic heterocycles. The fraction of sp³-hybridized carbons (Fsp3) is 0.529. The van der Waals surface area contributed by atoms with Crippen molar-refractivity contribution in [3.8, 4) is 0 Å². The molecular formula is C17H24N2O6. The van der Waals surface area contributed by atoms with E-state index in [9.17, 15) is 19.7 Å². The standard InChI is InChI=1S/C17H24N2O6/c1-4-11-24-17(21)15-13(8-7-9-14(15)19(22)23)16(20)25-12-10-18(5-2)6-3/h7-9H,4-6,10-12H2,1-3H3. The molecule has 0 amide bonds. The number of likely N-dealkylation sites (N-methyl/N-ethyl adjacent to an activating group) is 1. The molecule has 0 fully saturated rings. The number of nitrogens with zero attached hydrogens (tertiary/aromatic N) is 2. The third-order valence-corrected chi connectivity index (χ3v) is 3.64. The van der Waals surface area contributed by atoms with Crippen LogP contribution in [0.2, 0.25) is 0 Å². The Morgan fingerprint density at radius 3 is 2.28 bits per heavy atom. The lowest BCUT2D eigenvalue weighted by Gasteiger charge is -2.17. The van der Waals surface area contributed by atoms with E-state index in [2.05, 4.69) is 4.90 Å². The highest BCUT2D eigenvalue weighted by atomic mass is 16.6. The second kappa shape index (κ2) is 10.4. The summed E-state index contributed by atoms with van der Waals surface area (Å²) in [5, 5.41) is 11.2. The molecule has 1 aromatic rings. The quantitative estimate of drug-likeness (QED) is 0.362. The van der Waals surface area contributed by atoms with Gasteiger partial charge in [-0.2, -0.15) is 0 Å². The molecule has 8 nitrogen and oxygen atoms in total. The Bertz CT molecular complexity index is 613. The first-order valence-electron chi connectivity index (χ1n) is 8.30. The van der Waals surface area contributed by atoms with Crippen molar-refractivity contribution in [1.29, 1.82) is 0 Å². The van der Waals surface area contributed by atoms with Gasteiger partial charge < -0.3 is 14.4 Å². The van der Waals surface area contributed by atoms with E-state index in [1.54, 1.807) is 6.92 Å². The van der Waals surface area contributed by atoms with Crippen molar-refractivity contribution in [2.24, 2.45) is 0 Å². The number of esters is 2. The fourth-order valence-corrected chi connectivity index (χ4v) is 2.23. The Kier molecular flexibility index (Phi) is 8.55. The van der Waals surface area contributed by atoms with Crippen LogP contribution in [0.4, 0.5) is 5.69 Å². The van der Waals surface area contributed by atoms with E-state index in [-0.39, 0.29) is 24.3 Å². The van der Waals surface area contributed by atoms with Crippen LogP contribution in [0.15, 0.2) is 18.2 Å². The molecule has 0 atom stereocenters. The molecule has 0 heterocycles. The zero-order chi connectivity index (χ0) is 18.8. The average molecular weight is 352 g/mol. The molecule has 0 aliphatic carbocycles. The zero-order valence-corrected chi connectivity index (χ0v) is 14.8. The van der Waals surface area contributed by atoms with Gasteiger partial charge in [-0.1, -0.05) is 26.8 Å². The first-order chi connectivity index (χ1) is 12.0. The Morgan fingerprint density at radius 2 is 1.72 bits per heavy atom. The Labute approximate surface area is 146 Å². The van der Waals surface area contributed by atoms with E-state index in [4.69, 9.17) is 9.47 Å². The van der Waals surface area contributed by atoms with Crippen LogP contribution in [0.3, 0.4) is 0 Å². The highest BCUT2D eigenvalue weighted by Crippen LogP contribution is 2.24. The van der Waals surface area contributed by atoms with Crippen molar-refractivity contribution < 1.29 is 24.0 Å². The van der Waals surface area contributed by atoms with Crippen molar-refractivity contribution in [1.82, 2.24) is 4.90 Å². The summed E-state index contributed by atoms with van der Waals surface area (Å²) in [5.41, 5.74) is -0.997. The number of rotatable bonds is 10. The number of carbonyl (C=O) groups is 2. The van der Waals surface area contributed by atoms with Crippen LogP contribution < -0.4 is 0 Å². The molecule has 0 unspecified atom stereocenters. The lowest BCUT2D eigenvalue weighted by Crippen LogP contribution is -2.28. The highest BCUT2D eigenvalue weighted by Gasteiger charge is 2.29. The van der Waals surface area contributed by atoms with Crippen LogP contribution in [0.25, 0.3) is 0 Å². The van der Waals surface area contributed by atoms with Gasteiger partial charge in [0, 0.05) is 12.6 Å². The maximum Gasteiger partial charge on any atom is 0.346 e. The van der Waals surface area contributed by atoms with Crippen molar-refractivity contribution in [2.45, 2.75) is 27.2 Å². The second-order valence-corrected chi connectivity index (χ2v) is 5.26. The van der Waals surface area contributed by atoms with E-state index < -0.39 is 22.5 Å². The number of hydrogen-bond acceptors (Lipinski definition) is 7. The van der Waals surface area contributed by atoms with Gasteiger partial charge in [0.15, 0.2) is 5.56 Å². The van der Waals surface area contributed by atoms with Gasteiger partial charge in [0.05, 0.1) is 17.1 Å². The Hall–Kier alpha value is -2.48. The van der Waals surface area contributed by atoms with E-state index in [0.717, 1.165) is 19.2 Å². The van der Waals surface area contributed by atoms with E-state index in [0.29, 0.717) is 13.0 Å². The summed E-state index contributed by atoms with van der Waals surface area (Å²) >= 11 is 0. The third kappa shape index (κ3) is 5.82. The van der Waals surface area contributed by atoms with Crippen LogP contribution in [-0.2, 0) is 9.47 Å². The minimum atomic E-state index is -0.898. The molecule has 0 spiro atoms. The van der Waals surface area contributed by atoms with E-state index in [1.807, 2.05) is 13.8 Å². The largest absolute Gasteiger partial charge is 0.462 e. The van der Waals surface area contributed by atoms with Crippen LogP contribution in [0.1, 0.15) is 47.9 Å². The Balaban J connectivity index is 3.00. The smallest absolute Gasteiger partial charge is 0.346 e. The predicted octanol–water partition coefficient (Wildman–Crippen LogP) is 2.66. The van der Waals surface area contributed by atoms with Gasteiger partial charge in [0.25, 0.3) is 5.69 Å². The third-order valence-electron chi connectivity index (χ3n) is 3.64. The summed E-state index contributed by atoms with van der Waals surface area (Å²) in [7, 11) is 0. The SMILES string of the molecule is CCCOC(=O)c1c(C(=O)OCCN(CC)CC)cccc1[N+](=O)[O-]. The van der Waals surface area contributed by atoms with Gasteiger partial charge in [0.2, 0.25) is 0 Å². The molecule has 1 rings (SSSR count). The van der Waals surface area contributed by atoms with Crippen molar-refractivity contribution in [2.75, 3.05) is 32.8 Å². The lowest BCUT2D eigenvalue weighted by atomic mass is 10.1. The van der Waals surface area contributed by atoms with E-state index in [1.165, 1.54) is 12.1 Å². The number of ether oxygens (including phenoxy) is 2. The molecule has 0 saturated carbocycles. The van der Waals surface area contributed by atoms with Crippen LogP contribution in [0.5, 0.6) is 0 Å². The summed E-state index contributed by atoms with van der Waals surface area (Å²) in [6.07, 6.45) is 0.565. The first-order valence-corrected chi connectivity index (χ1v) is 8.30. The molecule has 0 bridgehead atoms. The van der Waals surface area contributed by atoms with Crippen molar-refractivity contribution in [3.63, 3.8) is 0 Å². The summed E-state index contributed by atoms with van der Waals surface area (Å²) in [5.74, 6) is -1.68. The van der Waals surface area contributed by atoms with Gasteiger partial charge in [-0.15, -0.1) is 0 Å². The van der Waals surface area contributed by atoms with Crippen molar-refractivity contribution in [3.05, 3.63) is 39.4 Å². The minimum Gasteiger partial charge on any atom is -0.462 e. The Morgan fingerprint density at radius 1 is 1.08 bits per heavy atom. The normalized spacial score (nSPS) is 10.6.